The number of carboxylic acids is 1. The van der Waals surface area contributed by atoms with Crippen LogP contribution in [0.5, 0.6) is 5.75 Å². The van der Waals surface area contributed by atoms with Crippen molar-refractivity contribution in [3.8, 4) is 5.75 Å². The average molecular weight is 260 g/mol. The zero-order chi connectivity index (χ0) is 14.0. The van der Waals surface area contributed by atoms with E-state index >= 15 is 0 Å². The van der Waals surface area contributed by atoms with Crippen LogP contribution in [0, 0.1) is 13.8 Å². The molecule has 0 unspecified atom stereocenters. The van der Waals surface area contributed by atoms with Crippen LogP contribution < -0.4 is 4.74 Å². The Kier molecular flexibility index (Phi) is 3.55. The lowest BCUT2D eigenvalue weighted by molar-refractivity contribution is 0.0696. The molecular weight excluding hydrogens is 244 g/mol. The van der Waals surface area contributed by atoms with Crippen LogP contribution in [0.3, 0.4) is 0 Å². The zero-order valence-corrected chi connectivity index (χ0v) is 11.2. The minimum Gasteiger partial charge on any atom is -0.485 e. The fourth-order valence-electron chi connectivity index (χ4n) is 1.91. The molecule has 1 heterocycles. The Morgan fingerprint density at radius 2 is 2.16 bits per heavy atom. The maximum absolute atomic E-state index is 10.9. The van der Waals surface area contributed by atoms with Gasteiger partial charge in [0.15, 0.2) is 5.75 Å². The quantitative estimate of drug-likeness (QED) is 0.916. The van der Waals surface area contributed by atoms with Crippen LogP contribution in [0.2, 0.25) is 0 Å². The van der Waals surface area contributed by atoms with Gasteiger partial charge in [-0.3, -0.25) is 4.68 Å². The Balaban J connectivity index is 2.14. The summed E-state index contributed by atoms with van der Waals surface area (Å²) in [5, 5.41) is 13.2. The standard InChI is InChI=1S/C14H16N2O3/c1-9-13(10(2)16(3)15-9)19-8-11-5-4-6-12(7-11)14(17)18/h4-7H,8H2,1-3H3,(H,17,18). The minimum atomic E-state index is -0.935. The Morgan fingerprint density at radius 3 is 2.74 bits per heavy atom. The molecule has 0 atom stereocenters. The summed E-state index contributed by atoms with van der Waals surface area (Å²) in [4.78, 5) is 10.9. The van der Waals surface area contributed by atoms with Crippen LogP contribution in [0.1, 0.15) is 27.3 Å². The van der Waals surface area contributed by atoms with Gasteiger partial charge in [0.1, 0.15) is 12.3 Å². The van der Waals surface area contributed by atoms with Gasteiger partial charge in [0.25, 0.3) is 0 Å². The Labute approximate surface area is 111 Å². The molecule has 5 nitrogen and oxygen atoms in total. The van der Waals surface area contributed by atoms with Gasteiger partial charge in [0, 0.05) is 7.05 Å². The molecular formula is C14H16N2O3. The molecule has 5 heteroatoms. The van der Waals surface area contributed by atoms with E-state index in [0.29, 0.717) is 6.61 Å². The molecule has 100 valence electrons. The summed E-state index contributed by atoms with van der Waals surface area (Å²) in [7, 11) is 1.86. The van der Waals surface area contributed by atoms with Crippen molar-refractivity contribution >= 4 is 5.97 Å². The van der Waals surface area contributed by atoms with Crippen molar-refractivity contribution in [2.24, 2.45) is 7.05 Å². The summed E-state index contributed by atoms with van der Waals surface area (Å²) in [6.45, 7) is 4.15. The van der Waals surface area contributed by atoms with Gasteiger partial charge < -0.3 is 9.84 Å². The summed E-state index contributed by atoms with van der Waals surface area (Å²) in [6.07, 6.45) is 0. The van der Waals surface area contributed by atoms with E-state index in [1.165, 1.54) is 0 Å². The van der Waals surface area contributed by atoms with Gasteiger partial charge in [-0.05, 0) is 31.5 Å². The normalized spacial score (nSPS) is 10.5. The summed E-state index contributed by atoms with van der Waals surface area (Å²) >= 11 is 0. The number of hydrogen-bond acceptors (Lipinski definition) is 3. The van der Waals surface area contributed by atoms with Gasteiger partial charge in [-0.15, -0.1) is 0 Å². The maximum atomic E-state index is 10.9. The highest BCUT2D eigenvalue weighted by Crippen LogP contribution is 2.22. The third-order valence-corrected chi connectivity index (χ3v) is 3.00. The second kappa shape index (κ2) is 5.14. The van der Waals surface area contributed by atoms with Gasteiger partial charge in [-0.1, -0.05) is 12.1 Å². The molecule has 0 amide bonds. The number of rotatable bonds is 4. The van der Waals surface area contributed by atoms with Crippen molar-refractivity contribution in [3.63, 3.8) is 0 Å². The topological polar surface area (TPSA) is 64.4 Å². The highest BCUT2D eigenvalue weighted by Gasteiger charge is 2.11. The fourth-order valence-corrected chi connectivity index (χ4v) is 1.91. The van der Waals surface area contributed by atoms with Gasteiger partial charge in [-0.2, -0.15) is 5.10 Å². The van der Waals surface area contributed by atoms with Crippen molar-refractivity contribution < 1.29 is 14.6 Å². The average Bonchev–Trinajstić information content (AvgIpc) is 2.61. The monoisotopic (exact) mass is 260 g/mol. The number of ether oxygens (including phenoxy) is 1. The molecule has 0 saturated heterocycles. The second-order valence-electron chi connectivity index (χ2n) is 4.42. The molecule has 0 aliphatic carbocycles. The molecule has 0 radical (unpaired) electrons. The first-order valence-electron chi connectivity index (χ1n) is 5.94. The molecule has 2 rings (SSSR count). The summed E-state index contributed by atoms with van der Waals surface area (Å²) in [6, 6.07) is 6.73. The second-order valence-corrected chi connectivity index (χ2v) is 4.42. The number of nitrogens with zero attached hydrogens (tertiary/aromatic N) is 2. The zero-order valence-electron chi connectivity index (χ0n) is 11.2. The lowest BCUT2D eigenvalue weighted by Crippen LogP contribution is -2.01. The summed E-state index contributed by atoms with van der Waals surface area (Å²) in [5.74, 6) is -0.182. The number of benzene rings is 1. The molecule has 0 fully saturated rings. The number of aromatic carboxylic acids is 1. The van der Waals surface area contributed by atoms with Crippen molar-refractivity contribution in [1.29, 1.82) is 0 Å². The smallest absolute Gasteiger partial charge is 0.335 e. The molecule has 19 heavy (non-hydrogen) atoms. The number of carboxylic acid groups (broad SMARTS) is 1. The first-order chi connectivity index (χ1) is 8.99. The minimum absolute atomic E-state index is 0.265. The first kappa shape index (κ1) is 13.1. The maximum Gasteiger partial charge on any atom is 0.335 e. The first-order valence-corrected chi connectivity index (χ1v) is 5.94. The van der Waals surface area contributed by atoms with Gasteiger partial charge in [0.05, 0.1) is 11.3 Å². The largest absolute Gasteiger partial charge is 0.485 e. The van der Waals surface area contributed by atoms with Gasteiger partial charge in [-0.25, -0.2) is 4.79 Å². The van der Waals surface area contributed by atoms with E-state index in [-0.39, 0.29) is 5.56 Å². The molecule has 1 aromatic carbocycles. The van der Waals surface area contributed by atoms with E-state index < -0.39 is 5.97 Å². The Bertz CT molecular complexity index is 617. The van der Waals surface area contributed by atoms with Crippen molar-refractivity contribution in [2.75, 3.05) is 0 Å². The summed E-state index contributed by atoms with van der Waals surface area (Å²) in [5.41, 5.74) is 2.87. The summed E-state index contributed by atoms with van der Waals surface area (Å²) < 4.78 is 7.50. The van der Waals surface area contributed by atoms with E-state index in [1.54, 1.807) is 22.9 Å². The molecule has 1 aromatic heterocycles. The molecule has 0 aliphatic heterocycles. The molecule has 0 aliphatic rings. The number of aromatic nitrogens is 2. The van der Waals surface area contributed by atoms with E-state index in [1.807, 2.05) is 27.0 Å². The highest BCUT2D eigenvalue weighted by atomic mass is 16.5. The van der Waals surface area contributed by atoms with Crippen LogP contribution in [-0.2, 0) is 13.7 Å². The molecule has 0 spiro atoms. The van der Waals surface area contributed by atoms with Crippen LogP contribution in [0.15, 0.2) is 24.3 Å². The van der Waals surface area contributed by atoms with Gasteiger partial charge >= 0.3 is 5.97 Å². The van der Waals surface area contributed by atoms with Crippen molar-refractivity contribution in [3.05, 3.63) is 46.8 Å². The Morgan fingerprint density at radius 1 is 1.42 bits per heavy atom. The SMILES string of the molecule is Cc1nn(C)c(C)c1OCc1cccc(C(=O)O)c1. The third-order valence-electron chi connectivity index (χ3n) is 3.00. The fraction of sp³-hybridized carbons (Fsp3) is 0.286. The van der Waals surface area contributed by atoms with Gasteiger partial charge in [0.2, 0.25) is 0 Å². The highest BCUT2D eigenvalue weighted by molar-refractivity contribution is 5.87. The number of aryl methyl sites for hydroxylation is 2. The molecule has 2 aromatic rings. The predicted octanol–water partition coefficient (Wildman–Crippen LogP) is 2.31. The number of hydrogen-bond donors (Lipinski definition) is 1. The van der Waals surface area contributed by atoms with E-state index in [0.717, 1.165) is 22.7 Å². The lowest BCUT2D eigenvalue weighted by atomic mass is 10.1. The third kappa shape index (κ3) is 2.76. The molecule has 1 N–H and O–H groups in total. The van der Waals surface area contributed by atoms with Crippen molar-refractivity contribution in [1.82, 2.24) is 9.78 Å². The van der Waals surface area contributed by atoms with Crippen LogP contribution in [0.25, 0.3) is 0 Å². The lowest BCUT2D eigenvalue weighted by Gasteiger charge is -2.07. The Hall–Kier alpha value is -2.30. The van der Waals surface area contributed by atoms with E-state index in [2.05, 4.69) is 5.10 Å². The van der Waals surface area contributed by atoms with E-state index in [4.69, 9.17) is 9.84 Å². The number of carbonyl (C=O) groups is 1. The van der Waals surface area contributed by atoms with Crippen LogP contribution >= 0.6 is 0 Å². The van der Waals surface area contributed by atoms with Crippen LogP contribution in [0.4, 0.5) is 0 Å². The molecule has 0 saturated carbocycles. The molecule has 0 bridgehead atoms. The van der Waals surface area contributed by atoms with E-state index in [9.17, 15) is 4.79 Å². The van der Waals surface area contributed by atoms with Crippen molar-refractivity contribution in [2.45, 2.75) is 20.5 Å². The predicted molar refractivity (Wildman–Crippen MR) is 70.4 cm³/mol. The van der Waals surface area contributed by atoms with Crippen LogP contribution in [-0.4, -0.2) is 20.9 Å².